The van der Waals surface area contributed by atoms with Gasteiger partial charge in [0.25, 0.3) is 15.9 Å². The van der Waals surface area contributed by atoms with Crippen LogP contribution in [0.3, 0.4) is 0 Å². The highest BCUT2D eigenvalue weighted by Crippen LogP contribution is 2.23. The Labute approximate surface area is 158 Å². The van der Waals surface area contributed by atoms with Gasteiger partial charge in [-0.2, -0.15) is 0 Å². The largest absolute Gasteiger partial charge is 0.351 e. The first-order valence-electron chi connectivity index (χ1n) is 7.93. The number of sulfonamides is 1. The molecule has 0 fully saturated rings. The molecule has 0 aliphatic heterocycles. The topological polar surface area (TPSA) is 75.7 Å². The first-order chi connectivity index (χ1) is 12.3. The molecule has 0 saturated carbocycles. The van der Waals surface area contributed by atoms with E-state index in [1.807, 2.05) is 37.3 Å². The second-order valence-electron chi connectivity index (χ2n) is 5.76. The monoisotopic (exact) mass is 396 g/mol. The van der Waals surface area contributed by atoms with Crippen LogP contribution >= 0.6 is 11.6 Å². The fourth-order valence-corrected chi connectivity index (χ4v) is 3.53. The van der Waals surface area contributed by atoms with Gasteiger partial charge in [-0.05, 0) is 29.7 Å². The SMILES string of the molecule is CON(C)S(=O)(=O)c1ccc(Cl)c(C(=O)NC[C@H](C)c2ccccc2)c1. The van der Waals surface area contributed by atoms with Crippen LogP contribution in [0.25, 0.3) is 0 Å². The predicted octanol–water partition coefficient (Wildman–Crippen LogP) is 3.06. The minimum atomic E-state index is -3.86. The standard InChI is InChI=1S/C18H21ClN2O4S/c1-13(14-7-5-4-6-8-14)12-20-18(22)16-11-15(9-10-17(16)19)26(23,24)21(2)25-3/h4-11,13H,12H2,1-3H3,(H,20,22)/t13-/m0/s1. The van der Waals surface area contributed by atoms with Gasteiger partial charge in [-0.3, -0.25) is 9.63 Å². The van der Waals surface area contributed by atoms with Crippen LogP contribution in [0.1, 0.15) is 28.8 Å². The maximum Gasteiger partial charge on any atom is 0.264 e. The van der Waals surface area contributed by atoms with Gasteiger partial charge < -0.3 is 5.32 Å². The number of nitrogens with zero attached hydrogens (tertiary/aromatic N) is 1. The van der Waals surface area contributed by atoms with Gasteiger partial charge in [0.05, 0.1) is 22.6 Å². The van der Waals surface area contributed by atoms with Crippen LogP contribution in [-0.4, -0.2) is 39.5 Å². The Morgan fingerprint density at radius 3 is 2.50 bits per heavy atom. The zero-order chi connectivity index (χ0) is 19.3. The van der Waals surface area contributed by atoms with E-state index in [2.05, 4.69) is 5.32 Å². The van der Waals surface area contributed by atoms with E-state index in [0.717, 1.165) is 10.0 Å². The molecule has 0 spiro atoms. The Hall–Kier alpha value is -1.93. The zero-order valence-corrected chi connectivity index (χ0v) is 16.3. The smallest absolute Gasteiger partial charge is 0.264 e. The number of halogens is 1. The van der Waals surface area contributed by atoms with Crippen LogP contribution in [0.2, 0.25) is 5.02 Å². The highest BCUT2D eigenvalue weighted by atomic mass is 35.5. The molecule has 0 aliphatic rings. The molecule has 0 radical (unpaired) electrons. The minimum absolute atomic E-state index is 0.0764. The molecule has 2 aromatic rings. The van der Waals surface area contributed by atoms with Gasteiger partial charge in [0.2, 0.25) is 0 Å². The molecule has 2 rings (SSSR count). The number of nitrogens with one attached hydrogen (secondary N) is 1. The summed E-state index contributed by atoms with van der Waals surface area (Å²) in [5, 5.41) is 2.97. The van der Waals surface area contributed by atoms with E-state index in [1.54, 1.807) is 0 Å². The van der Waals surface area contributed by atoms with Crippen molar-refractivity contribution in [2.75, 3.05) is 20.7 Å². The molecule has 0 saturated heterocycles. The molecule has 140 valence electrons. The summed E-state index contributed by atoms with van der Waals surface area (Å²) in [5.41, 5.74) is 1.19. The second kappa shape index (κ2) is 8.64. The van der Waals surface area contributed by atoms with Crippen molar-refractivity contribution in [3.8, 4) is 0 Å². The van der Waals surface area contributed by atoms with Crippen molar-refractivity contribution in [2.45, 2.75) is 17.7 Å². The number of benzene rings is 2. The molecule has 0 aromatic heterocycles. The van der Waals surface area contributed by atoms with Crippen molar-refractivity contribution in [1.29, 1.82) is 0 Å². The quantitative estimate of drug-likeness (QED) is 0.730. The Kier molecular flexibility index (Phi) is 6.77. The van der Waals surface area contributed by atoms with Crippen molar-refractivity contribution < 1.29 is 18.0 Å². The normalized spacial score (nSPS) is 12.8. The number of hydroxylamine groups is 1. The summed E-state index contributed by atoms with van der Waals surface area (Å²) in [5.74, 6) is -0.333. The van der Waals surface area contributed by atoms with E-state index in [4.69, 9.17) is 16.4 Å². The van der Waals surface area contributed by atoms with Gasteiger partial charge in [0, 0.05) is 13.6 Å². The van der Waals surface area contributed by atoms with E-state index in [9.17, 15) is 13.2 Å². The molecule has 2 aromatic carbocycles. The van der Waals surface area contributed by atoms with E-state index < -0.39 is 15.9 Å². The molecule has 0 heterocycles. The van der Waals surface area contributed by atoms with Gasteiger partial charge in [0.1, 0.15) is 0 Å². The third-order valence-corrected chi connectivity index (χ3v) is 6.02. The summed E-state index contributed by atoms with van der Waals surface area (Å²) in [6, 6.07) is 13.7. The van der Waals surface area contributed by atoms with E-state index in [1.165, 1.54) is 32.4 Å². The lowest BCUT2D eigenvalue weighted by Crippen LogP contribution is -2.29. The van der Waals surface area contributed by atoms with E-state index in [0.29, 0.717) is 6.54 Å². The van der Waals surface area contributed by atoms with Crippen molar-refractivity contribution in [3.63, 3.8) is 0 Å². The average Bonchev–Trinajstić information content (AvgIpc) is 2.65. The lowest BCUT2D eigenvalue weighted by molar-refractivity contribution is -0.0258. The summed E-state index contributed by atoms with van der Waals surface area (Å²) in [6.07, 6.45) is 0. The summed E-state index contributed by atoms with van der Waals surface area (Å²) < 4.78 is 25.4. The number of amides is 1. The highest BCUT2D eigenvalue weighted by Gasteiger charge is 2.23. The Bertz CT molecular complexity index is 872. The zero-order valence-electron chi connectivity index (χ0n) is 14.8. The molecular weight excluding hydrogens is 376 g/mol. The molecule has 0 bridgehead atoms. The van der Waals surface area contributed by atoms with Crippen molar-refractivity contribution in [1.82, 2.24) is 9.79 Å². The Morgan fingerprint density at radius 1 is 1.23 bits per heavy atom. The van der Waals surface area contributed by atoms with Gasteiger partial charge in [-0.25, -0.2) is 8.42 Å². The molecule has 6 nitrogen and oxygen atoms in total. The molecule has 26 heavy (non-hydrogen) atoms. The van der Waals surface area contributed by atoms with Crippen LogP contribution in [0.5, 0.6) is 0 Å². The van der Waals surface area contributed by atoms with Gasteiger partial charge in [0.15, 0.2) is 0 Å². The number of carbonyl (C=O) groups is 1. The maximum absolute atomic E-state index is 12.5. The third-order valence-electron chi connectivity index (χ3n) is 4.01. The molecule has 8 heteroatoms. The van der Waals surface area contributed by atoms with Crippen LogP contribution in [0, 0.1) is 0 Å². The summed E-state index contributed by atoms with van der Waals surface area (Å²) >= 11 is 6.09. The van der Waals surface area contributed by atoms with Gasteiger partial charge >= 0.3 is 0 Å². The Balaban J connectivity index is 2.17. The molecule has 1 atom stereocenters. The lowest BCUT2D eigenvalue weighted by atomic mass is 10.0. The molecule has 1 N–H and O–H groups in total. The third kappa shape index (κ3) is 4.62. The second-order valence-corrected chi connectivity index (χ2v) is 8.10. The number of rotatable bonds is 7. The van der Waals surface area contributed by atoms with Crippen LogP contribution < -0.4 is 5.32 Å². The fraction of sp³-hybridized carbons (Fsp3) is 0.278. The van der Waals surface area contributed by atoms with Gasteiger partial charge in [-0.1, -0.05) is 53.3 Å². The molecule has 0 unspecified atom stereocenters. The van der Waals surface area contributed by atoms with Crippen molar-refractivity contribution in [3.05, 3.63) is 64.7 Å². The lowest BCUT2D eigenvalue weighted by Gasteiger charge is -2.16. The molecular formula is C18H21ClN2O4S. The van der Waals surface area contributed by atoms with Crippen molar-refractivity contribution in [2.24, 2.45) is 0 Å². The van der Waals surface area contributed by atoms with Gasteiger partial charge in [-0.15, -0.1) is 0 Å². The van der Waals surface area contributed by atoms with Crippen molar-refractivity contribution >= 4 is 27.5 Å². The van der Waals surface area contributed by atoms with E-state index >= 15 is 0 Å². The first-order valence-corrected chi connectivity index (χ1v) is 9.75. The predicted molar refractivity (Wildman–Crippen MR) is 101 cm³/mol. The molecule has 0 aliphatic carbocycles. The maximum atomic E-state index is 12.5. The van der Waals surface area contributed by atoms with Crippen LogP contribution in [0.15, 0.2) is 53.4 Å². The average molecular weight is 397 g/mol. The van der Waals surface area contributed by atoms with Crippen LogP contribution in [-0.2, 0) is 14.9 Å². The fourth-order valence-electron chi connectivity index (χ4n) is 2.33. The summed E-state index contributed by atoms with van der Waals surface area (Å²) in [6.45, 7) is 2.39. The number of carbonyl (C=O) groups excluding carboxylic acids is 1. The Morgan fingerprint density at radius 2 is 1.88 bits per heavy atom. The first kappa shape index (κ1) is 20.4. The van der Waals surface area contributed by atoms with Crippen LogP contribution in [0.4, 0.5) is 0 Å². The molecule has 1 amide bonds. The van der Waals surface area contributed by atoms with E-state index in [-0.39, 0.29) is 21.4 Å². The summed E-state index contributed by atoms with van der Waals surface area (Å²) in [7, 11) is -1.35. The summed E-state index contributed by atoms with van der Waals surface area (Å²) in [4.78, 5) is 17.1. The number of hydrogen-bond donors (Lipinski definition) is 1. The highest BCUT2D eigenvalue weighted by molar-refractivity contribution is 7.89. The minimum Gasteiger partial charge on any atom is -0.351 e. The number of hydrogen-bond acceptors (Lipinski definition) is 4.